The summed E-state index contributed by atoms with van der Waals surface area (Å²) in [5.74, 6) is -0.220. The van der Waals surface area contributed by atoms with Gasteiger partial charge in [-0.25, -0.2) is 0 Å². The number of nitrogens with zero attached hydrogens (tertiary/aromatic N) is 2. The second kappa shape index (κ2) is 2.28. The predicted octanol–water partition coefficient (Wildman–Crippen LogP) is -0.0753. The summed E-state index contributed by atoms with van der Waals surface area (Å²) in [6.07, 6.45) is 0. The lowest BCUT2D eigenvalue weighted by Gasteiger charge is -2.04. The van der Waals surface area contributed by atoms with Gasteiger partial charge in [-0.15, -0.1) is 0 Å². The van der Waals surface area contributed by atoms with Gasteiger partial charge < -0.3 is 10.1 Å². The highest BCUT2D eigenvalue weighted by Crippen LogP contribution is 2.12. The molecular weight excluding hydrogens is 132 g/mol. The lowest BCUT2D eigenvalue weighted by molar-refractivity contribution is -0.129. The Hall–Kier alpha value is -1.06. The average molecular weight is 142 g/mol. The maximum absolute atomic E-state index is 11.0. The molecule has 0 aromatic heterocycles. The molecule has 0 radical (unpaired) electrons. The molecule has 1 heterocycles. The first-order valence-electron chi connectivity index (χ1n) is 3.12. The number of likely N-dealkylation sites (tertiary alicyclic amines) is 1. The van der Waals surface area contributed by atoms with E-state index < -0.39 is 0 Å². The molecule has 1 saturated heterocycles. The van der Waals surface area contributed by atoms with Crippen molar-refractivity contribution in [3.8, 4) is 0 Å². The summed E-state index contributed by atoms with van der Waals surface area (Å²) >= 11 is 0. The van der Waals surface area contributed by atoms with Crippen molar-refractivity contribution in [3.63, 3.8) is 0 Å². The molecule has 56 valence electrons. The number of amides is 1. The summed E-state index contributed by atoms with van der Waals surface area (Å²) in [7, 11) is 1.69. The fourth-order valence-corrected chi connectivity index (χ4v) is 1.05. The van der Waals surface area contributed by atoms with Crippen LogP contribution in [0.5, 0.6) is 0 Å². The molecule has 1 fully saturated rings. The predicted molar refractivity (Wildman–Crippen MR) is 36.0 cm³/mol. The van der Waals surface area contributed by atoms with Gasteiger partial charge in [-0.1, -0.05) is 5.16 Å². The van der Waals surface area contributed by atoms with Gasteiger partial charge in [-0.2, -0.15) is 0 Å². The van der Waals surface area contributed by atoms with Crippen LogP contribution in [0, 0.1) is 5.92 Å². The van der Waals surface area contributed by atoms with Crippen LogP contribution in [0.25, 0.3) is 0 Å². The average Bonchev–Trinajstić information content (AvgIpc) is 2.17. The monoisotopic (exact) mass is 142 g/mol. The number of carbonyl (C=O) groups excluding carboxylic acids is 1. The number of hydrogen-bond donors (Lipinski definition) is 1. The number of carbonyl (C=O) groups is 1. The van der Waals surface area contributed by atoms with Crippen LogP contribution >= 0.6 is 0 Å². The quantitative estimate of drug-likeness (QED) is 0.380. The van der Waals surface area contributed by atoms with Gasteiger partial charge in [0.2, 0.25) is 5.91 Å². The van der Waals surface area contributed by atoms with E-state index in [2.05, 4.69) is 5.16 Å². The third-order valence-corrected chi connectivity index (χ3v) is 1.77. The second-order valence-electron chi connectivity index (χ2n) is 2.51. The summed E-state index contributed by atoms with van der Waals surface area (Å²) < 4.78 is 0. The van der Waals surface area contributed by atoms with Gasteiger partial charge in [-0.05, 0) is 6.92 Å². The van der Waals surface area contributed by atoms with Crippen molar-refractivity contribution in [2.24, 2.45) is 11.1 Å². The molecule has 1 N–H and O–H groups in total. The molecule has 0 bridgehead atoms. The highest BCUT2D eigenvalue weighted by Gasteiger charge is 2.31. The van der Waals surface area contributed by atoms with Crippen molar-refractivity contribution in [3.05, 3.63) is 0 Å². The minimum Gasteiger partial charge on any atom is -0.411 e. The third kappa shape index (κ3) is 0.853. The van der Waals surface area contributed by atoms with E-state index >= 15 is 0 Å². The van der Waals surface area contributed by atoms with Gasteiger partial charge in [0.05, 0.1) is 18.2 Å². The summed E-state index contributed by atoms with van der Waals surface area (Å²) in [6.45, 7) is 2.19. The smallest absolute Gasteiger partial charge is 0.231 e. The van der Waals surface area contributed by atoms with Gasteiger partial charge in [0.15, 0.2) is 0 Å². The fourth-order valence-electron chi connectivity index (χ4n) is 1.05. The maximum atomic E-state index is 11.0. The van der Waals surface area contributed by atoms with Crippen molar-refractivity contribution in [2.45, 2.75) is 6.92 Å². The molecule has 1 aliphatic heterocycles. The van der Waals surface area contributed by atoms with Crippen LogP contribution in [0.15, 0.2) is 5.16 Å². The van der Waals surface area contributed by atoms with Crippen molar-refractivity contribution in [1.82, 2.24) is 4.90 Å². The highest BCUT2D eigenvalue weighted by atomic mass is 16.4. The van der Waals surface area contributed by atoms with E-state index in [9.17, 15) is 4.79 Å². The SMILES string of the molecule is CC1C(=O)N(C)CC1=NO. The number of rotatable bonds is 0. The standard InChI is InChI=1S/C6H10N2O2/c1-4-5(7-10)3-8(2)6(4)9/h4,10H,3H2,1-2H3. The van der Waals surface area contributed by atoms with E-state index in [-0.39, 0.29) is 11.8 Å². The molecule has 1 unspecified atom stereocenters. The molecule has 4 nitrogen and oxygen atoms in total. The number of oxime groups is 1. The largest absolute Gasteiger partial charge is 0.411 e. The van der Waals surface area contributed by atoms with Crippen LogP contribution in [-0.4, -0.2) is 35.3 Å². The Kier molecular flexibility index (Phi) is 1.61. The number of hydrogen-bond acceptors (Lipinski definition) is 3. The van der Waals surface area contributed by atoms with E-state index in [4.69, 9.17) is 5.21 Å². The van der Waals surface area contributed by atoms with Crippen LogP contribution < -0.4 is 0 Å². The minimum absolute atomic E-state index is 0.0211. The molecule has 1 amide bonds. The van der Waals surface area contributed by atoms with E-state index in [0.29, 0.717) is 12.3 Å². The lowest BCUT2D eigenvalue weighted by Crippen LogP contribution is -2.21. The Labute approximate surface area is 59.1 Å². The Morgan fingerprint density at radius 3 is 2.60 bits per heavy atom. The Morgan fingerprint density at radius 2 is 2.40 bits per heavy atom. The van der Waals surface area contributed by atoms with Gasteiger partial charge in [-0.3, -0.25) is 4.79 Å². The fraction of sp³-hybridized carbons (Fsp3) is 0.667. The molecular formula is C6H10N2O2. The second-order valence-corrected chi connectivity index (χ2v) is 2.51. The van der Waals surface area contributed by atoms with E-state index in [0.717, 1.165) is 0 Å². The van der Waals surface area contributed by atoms with Crippen LogP contribution in [0.3, 0.4) is 0 Å². The zero-order chi connectivity index (χ0) is 7.72. The minimum atomic E-state index is -0.241. The molecule has 0 aliphatic carbocycles. The molecule has 0 aromatic carbocycles. The summed E-state index contributed by atoms with van der Waals surface area (Å²) in [4.78, 5) is 12.5. The molecule has 0 saturated carbocycles. The first-order valence-corrected chi connectivity index (χ1v) is 3.12. The molecule has 10 heavy (non-hydrogen) atoms. The lowest BCUT2D eigenvalue weighted by atomic mass is 10.1. The molecule has 0 spiro atoms. The summed E-state index contributed by atoms with van der Waals surface area (Å²) in [5.41, 5.74) is 0.549. The zero-order valence-corrected chi connectivity index (χ0v) is 6.03. The Bertz CT molecular complexity index is 188. The zero-order valence-electron chi connectivity index (χ0n) is 6.03. The third-order valence-electron chi connectivity index (χ3n) is 1.77. The van der Waals surface area contributed by atoms with E-state index in [1.54, 1.807) is 18.9 Å². The van der Waals surface area contributed by atoms with Crippen molar-refractivity contribution in [1.29, 1.82) is 0 Å². The van der Waals surface area contributed by atoms with Crippen molar-refractivity contribution < 1.29 is 10.0 Å². The normalized spacial score (nSPS) is 30.2. The van der Waals surface area contributed by atoms with E-state index in [1.165, 1.54) is 0 Å². The van der Waals surface area contributed by atoms with Crippen LogP contribution in [0.1, 0.15) is 6.92 Å². The summed E-state index contributed by atoms with van der Waals surface area (Å²) in [5, 5.41) is 11.4. The van der Waals surface area contributed by atoms with Gasteiger partial charge in [0.1, 0.15) is 0 Å². The summed E-state index contributed by atoms with van der Waals surface area (Å²) in [6, 6.07) is 0. The van der Waals surface area contributed by atoms with Gasteiger partial charge >= 0.3 is 0 Å². The molecule has 0 aromatic rings. The van der Waals surface area contributed by atoms with Gasteiger partial charge in [0.25, 0.3) is 0 Å². The molecule has 1 atom stereocenters. The Balaban J connectivity index is 2.81. The van der Waals surface area contributed by atoms with Crippen molar-refractivity contribution in [2.75, 3.05) is 13.6 Å². The molecule has 1 aliphatic rings. The van der Waals surface area contributed by atoms with Crippen LogP contribution in [0.4, 0.5) is 0 Å². The van der Waals surface area contributed by atoms with Crippen LogP contribution in [-0.2, 0) is 4.79 Å². The molecule has 1 rings (SSSR count). The van der Waals surface area contributed by atoms with E-state index in [1.807, 2.05) is 0 Å². The Morgan fingerprint density at radius 1 is 1.80 bits per heavy atom. The first kappa shape index (κ1) is 7.05. The van der Waals surface area contributed by atoms with Crippen molar-refractivity contribution >= 4 is 11.6 Å². The van der Waals surface area contributed by atoms with Gasteiger partial charge in [0, 0.05) is 7.05 Å². The van der Waals surface area contributed by atoms with Crippen LogP contribution in [0.2, 0.25) is 0 Å². The highest BCUT2D eigenvalue weighted by molar-refractivity contribution is 6.10. The maximum Gasteiger partial charge on any atom is 0.231 e. The first-order chi connectivity index (χ1) is 4.66. The topological polar surface area (TPSA) is 52.9 Å². The molecule has 4 heteroatoms.